The van der Waals surface area contributed by atoms with Gasteiger partial charge in [-0.2, -0.15) is 0 Å². The minimum Gasteiger partial charge on any atom is -0.383 e. The zero-order valence-corrected chi connectivity index (χ0v) is 9.50. The van der Waals surface area contributed by atoms with E-state index < -0.39 is 4.92 Å². The Bertz CT molecular complexity index is 432. The minimum atomic E-state index is -0.472. The highest BCUT2D eigenvalue weighted by Gasteiger charge is 2.23. The number of hydrogen-bond acceptors (Lipinski definition) is 6. The van der Waals surface area contributed by atoms with Gasteiger partial charge in [-0.1, -0.05) is 0 Å². The first kappa shape index (κ1) is 11.6. The summed E-state index contributed by atoms with van der Waals surface area (Å²) in [6, 6.07) is 2.88. The summed E-state index contributed by atoms with van der Waals surface area (Å²) in [4.78, 5) is 16.2. The van der Waals surface area contributed by atoms with Crippen LogP contribution >= 0.6 is 0 Å². The molecule has 1 unspecified atom stereocenters. The Morgan fingerprint density at radius 3 is 3.00 bits per heavy atom. The fraction of sp³-hybridized carbons (Fsp3) is 0.500. The summed E-state index contributed by atoms with van der Waals surface area (Å²) < 4.78 is 5.27. The fourth-order valence-electron chi connectivity index (χ4n) is 1.82. The van der Waals surface area contributed by atoms with Gasteiger partial charge in [0.05, 0.1) is 29.7 Å². The molecular formula is C10H14N4O3. The fourth-order valence-corrected chi connectivity index (χ4v) is 1.82. The molecule has 1 atom stereocenters. The van der Waals surface area contributed by atoms with Gasteiger partial charge in [0.1, 0.15) is 11.6 Å². The van der Waals surface area contributed by atoms with E-state index in [1.807, 2.05) is 11.9 Å². The van der Waals surface area contributed by atoms with Crippen LogP contribution in [0.1, 0.15) is 6.42 Å². The van der Waals surface area contributed by atoms with Gasteiger partial charge in [0.25, 0.3) is 5.69 Å². The van der Waals surface area contributed by atoms with E-state index in [1.54, 1.807) is 0 Å². The number of nitro groups is 1. The molecule has 0 aliphatic carbocycles. The van der Waals surface area contributed by atoms with E-state index in [0.717, 1.165) is 6.42 Å². The predicted octanol–water partition coefficient (Wildman–Crippen LogP) is 0.797. The van der Waals surface area contributed by atoms with Crippen molar-refractivity contribution in [1.82, 2.24) is 4.98 Å². The Hall–Kier alpha value is -1.89. The largest absolute Gasteiger partial charge is 0.383 e. The maximum absolute atomic E-state index is 10.7. The molecule has 1 aromatic heterocycles. The third-order valence-corrected chi connectivity index (χ3v) is 2.84. The average molecular weight is 238 g/mol. The number of anilines is 2. The van der Waals surface area contributed by atoms with Crippen molar-refractivity contribution in [2.45, 2.75) is 12.5 Å². The van der Waals surface area contributed by atoms with Gasteiger partial charge in [0.15, 0.2) is 0 Å². The number of ether oxygens (including phenoxy) is 1. The lowest BCUT2D eigenvalue weighted by molar-refractivity contribution is -0.384. The number of hydrogen-bond donors (Lipinski definition) is 1. The maximum atomic E-state index is 10.7. The molecule has 1 aromatic rings. The lowest BCUT2D eigenvalue weighted by atomic mass is 10.2. The van der Waals surface area contributed by atoms with E-state index in [1.165, 1.54) is 12.1 Å². The highest BCUT2D eigenvalue weighted by Crippen LogP contribution is 2.24. The molecule has 1 aliphatic heterocycles. The summed E-state index contributed by atoms with van der Waals surface area (Å²) in [6.45, 7) is 1.32. The molecule has 2 N–H and O–H groups in total. The smallest absolute Gasteiger partial charge is 0.276 e. The molecule has 0 radical (unpaired) electrons. The highest BCUT2D eigenvalue weighted by atomic mass is 16.6. The van der Waals surface area contributed by atoms with Crippen LogP contribution in [0, 0.1) is 10.1 Å². The molecule has 7 nitrogen and oxygen atoms in total. The second-order valence-corrected chi connectivity index (χ2v) is 3.99. The Morgan fingerprint density at radius 1 is 1.65 bits per heavy atom. The van der Waals surface area contributed by atoms with Crippen LogP contribution in [-0.2, 0) is 4.74 Å². The number of likely N-dealkylation sites (N-methyl/N-ethyl adjacent to an activating group) is 1. The molecular weight excluding hydrogens is 224 g/mol. The Morgan fingerprint density at radius 2 is 2.41 bits per heavy atom. The summed E-state index contributed by atoms with van der Waals surface area (Å²) in [5, 5.41) is 10.7. The first-order chi connectivity index (χ1) is 8.08. The maximum Gasteiger partial charge on any atom is 0.276 e. The van der Waals surface area contributed by atoms with Crippen molar-refractivity contribution in [2.24, 2.45) is 0 Å². The molecule has 17 heavy (non-hydrogen) atoms. The van der Waals surface area contributed by atoms with Crippen LogP contribution in [0.4, 0.5) is 17.3 Å². The Balaban J connectivity index is 2.27. The molecule has 0 spiro atoms. The normalized spacial score (nSPS) is 19.2. The van der Waals surface area contributed by atoms with Gasteiger partial charge < -0.3 is 15.4 Å². The molecule has 1 aliphatic rings. The molecule has 2 heterocycles. The third kappa shape index (κ3) is 2.44. The van der Waals surface area contributed by atoms with Gasteiger partial charge in [0.2, 0.25) is 0 Å². The molecule has 92 valence electrons. The van der Waals surface area contributed by atoms with Crippen molar-refractivity contribution in [3.63, 3.8) is 0 Å². The second kappa shape index (κ2) is 4.54. The number of aromatic nitrogens is 1. The van der Waals surface area contributed by atoms with Gasteiger partial charge >= 0.3 is 0 Å². The Kier molecular flexibility index (Phi) is 3.10. The van der Waals surface area contributed by atoms with Gasteiger partial charge in [-0.25, -0.2) is 4.98 Å². The molecule has 0 saturated carbocycles. The van der Waals surface area contributed by atoms with Crippen LogP contribution < -0.4 is 10.6 Å². The summed E-state index contributed by atoms with van der Waals surface area (Å²) >= 11 is 0. The van der Waals surface area contributed by atoms with E-state index in [9.17, 15) is 10.1 Å². The lowest BCUT2D eigenvalue weighted by Crippen LogP contribution is -2.32. The zero-order valence-electron chi connectivity index (χ0n) is 9.50. The van der Waals surface area contributed by atoms with Gasteiger partial charge in [0, 0.05) is 13.7 Å². The molecule has 1 fully saturated rings. The van der Waals surface area contributed by atoms with Crippen LogP contribution in [0.5, 0.6) is 0 Å². The van der Waals surface area contributed by atoms with Crippen LogP contribution in [0.15, 0.2) is 12.1 Å². The molecule has 0 amide bonds. The van der Waals surface area contributed by atoms with Crippen LogP contribution in [0.2, 0.25) is 0 Å². The lowest BCUT2D eigenvalue weighted by Gasteiger charge is -2.24. The summed E-state index contributed by atoms with van der Waals surface area (Å²) in [5.74, 6) is 0.659. The van der Waals surface area contributed by atoms with E-state index in [0.29, 0.717) is 19.0 Å². The van der Waals surface area contributed by atoms with Crippen molar-refractivity contribution in [1.29, 1.82) is 0 Å². The quantitative estimate of drug-likeness (QED) is 0.618. The predicted molar refractivity (Wildman–Crippen MR) is 62.9 cm³/mol. The van der Waals surface area contributed by atoms with E-state index in [-0.39, 0.29) is 17.5 Å². The first-order valence-corrected chi connectivity index (χ1v) is 5.30. The zero-order chi connectivity index (χ0) is 12.4. The van der Waals surface area contributed by atoms with Crippen molar-refractivity contribution in [3.05, 3.63) is 22.2 Å². The molecule has 1 saturated heterocycles. The number of nitrogens with zero attached hydrogens (tertiary/aromatic N) is 3. The second-order valence-electron chi connectivity index (χ2n) is 3.99. The molecule has 0 aromatic carbocycles. The van der Waals surface area contributed by atoms with Crippen molar-refractivity contribution in [2.75, 3.05) is 30.9 Å². The topological polar surface area (TPSA) is 94.5 Å². The van der Waals surface area contributed by atoms with E-state index in [4.69, 9.17) is 10.5 Å². The van der Waals surface area contributed by atoms with Crippen LogP contribution in [0.3, 0.4) is 0 Å². The van der Waals surface area contributed by atoms with Crippen molar-refractivity contribution < 1.29 is 9.66 Å². The SMILES string of the molecule is CN(c1cc([N+](=O)[O-])cc(N)n1)C1CCOC1. The number of pyridine rings is 1. The minimum absolute atomic E-state index is 0.0433. The molecule has 2 rings (SSSR count). The number of nitrogen functional groups attached to an aromatic ring is 1. The Labute approximate surface area is 98.3 Å². The molecule has 7 heteroatoms. The number of nitrogens with two attached hydrogens (primary N) is 1. The highest BCUT2D eigenvalue weighted by molar-refractivity contribution is 5.54. The summed E-state index contributed by atoms with van der Waals surface area (Å²) in [5.41, 5.74) is 5.52. The molecule has 0 bridgehead atoms. The van der Waals surface area contributed by atoms with Crippen molar-refractivity contribution in [3.8, 4) is 0 Å². The van der Waals surface area contributed by atoms with Crippen LogP contribution in [0.25, 0.3) is 0 Å². The average Bonchev–Trinajstić information content (AvgIpc) is 2.80. The first-order valence-electron chi connectivity index (χ1n) is 5.30. The van der Waals surface area contributed by atoms with Gasteiger partial charge in [-0.05, 0) is 6.42 Å². The third-order valence-electron chi connectivity index (χ3n) is 2.84. The van der Waals surface area contributed by atoms with E-state index in [2.05, 4.69) is 4.98 Å². The van der Waals surface area contributed by atoms with Crippen LogP contribution in [-0.4, -0.2) is 36.2 Å². The van der Waals surface area contributed by atoms with Gasteiger partial charge in [-0.15, -0.1) is 0 Å². The van der Waals surface area contributed by atoms with Gasteiger partial charge in [-0.3, -0.25) is 10.1 Å². The van der Waals surface area contributed by atoms with E-state index >= 15 is 0 Å². The van der Waals surface area contributed by atoms with Crippen molar-refractivity contribution >= 4 is 17.3 Å². The monoisotopic (exact) mass is 238 g/mol. The standard InChI is InChI=1S/C10H14N4O3/c1-13(7-2-3-17-6-7)10-5-8(14(15)16)4-9(11)12-10/h4-5,7H,2-3,6H2,1H3,(H2,11,12). The summed E-state index contributed by atoms with van der Waals surface area (Å²) in [7, 11) is 1.84. The number of rotatable bonds is 3. The summed E-state index contributed by atoms with van der Waals surface area (Å²) in [6.07, 6.45) is 0.890.